The summed E-state index contributed by atoms with van der Waals surface area (Å²) in [5.74, 6) is -2.97. The van der Waals surface area contributed by atoms with E-state index in [9.17, 15) is 24.3 Å². The highest BCUT2D eigenvalue weighted by Gasteiger charge is 2.25. The van der Waals surface area contributed by atoms with E-state index in [1.54, 1.807) is 45.0 Å². The first-order valence-corrected chi connectivity index (χ1v) is 8.93. The topological polar surface area (TPSA) is 157 Å². The van der Waals surface area contributed by atoms with Gasteiger partial charge in [-0.25, -0.2) is 9.59 Å². The van der Waals surface area contributed by atoms with Gasteiger partial charge in [0.25, 0.3) is 0 Å². The number of hydrogen-bond donors (Lipinski definition) is 4. The van der Waals surface area contributed by atoms with E-state index >= 15 is 0 Å². The van der Waals surface area contributed by atoms with E-state index in [4.69, 9.17) is 15.2 Å². The van der Waals surface area contributed by atoms with E-state index in [1.165, 1.54) is 0 Å². The van der Waals surface area contributed by atoms with Gasteiger partial charge in [0.2, 0.25) is 5.91 Å². The lowest BCUT2D eigenvalue weighted by atomic mass is 10.1. The number of ether oxygens (including phenoxy) is 2. The number of nitrogens with one attached hydrogen (secondary N) is 2. The van der Waals surface area contributed by atoms with Crippen molar-refractivity contribution in [3.05, 3.63) is 35.9 Å². The van der Waals surface area contributed by atoms with Gasteiger partial charge in [0.15, 0.2) is 6.04 Å². The Morgan fingerprint density at radius 2 is 1.76 bits per heavy atom. The summed E-state index contributed by atoms with van der Waals surface area (Å²) >= 11 is 0. The number of carboxylic acid groups (broad SMARTS) is 1. The smallest absolute Gasteiger partial charge is 0.408 e. The number of carbonyl (C=O) groups excluding carboxylic acids is 3. The number of carboxylic acids is 1. The predicted molar refractivity (Wildman–Crippen MR) is 103 cm³/mol. The molecule has 0 spiro atoms. The zero-order valence-electron chi connectivity index (χ0n) is 16.6. The van der Waals surface area contributed by atoms with Crippen molar-refractivity contribution in [1.29, 1.82) is 0 Å². The molecule has 0 heterocycles. The molecule has 2 amide bonds. The van der Waals surface area contributed by atoms with Crippen LogP contribution >= 0.6 is 0 Å². The lowest BCUT2D eigenvalue weighted by molar-refractivity contribution is -0.149. The summed E-state index contributed by atoms with van der Waals surface area (Å²) in [6, 6.07) is 6.55. The molecule has 2 atom stereocenters. The molecule has 0 aliphatic heterocycles. The second kappa shape index (κ2) is 11.0. The maximum atomic E-state index is 12.1. The highest BCUT2D eigenvalue weighted by molar-refractivity contribution is 5.87. The van der Waals surface area contributed by atoms with Crippen LogP contribution in [0, 0.1) is 0 Å². The first-order valence-electron chi connectivity index (χ1n) is 8.93. The lowest BCUT2D eigenvalue weighted by Gasteiger charge is -2.20. The molecule has 1 aromatic carbocycles. The molecule has 0 aliphatic rings. The van der Waals surface area contributed by atoms with Crippen LogP contribution in [0.1, 0.15) is 26.3 Å². The molecule has 10 heteroatoms. The molecule has 0 unspecified atom stereocenters. The third-order valence-corrected chi connectivity index (χ3v) is 3.44. The van der Waals surface area contributed by atoms with Crippen LogP contribution in [0.3, 0.4) is 0 Å². The van der Waals surface area contributed by atoms with E-state index in [0.29, 0.717) is 0 Å². The number of alkyl carbamates (subject to hydrolysis) is 1. The number of benzene rings is 1. The standard InChI is InChI=1S/C19H27N3O7/c1-19(2,3)29-18(27)21-10-15(23)28-11-14(17(25)26)22-16(24)13(20)9-12-7-5-4-6-8-12/h4-8,13-14H,9-11,20H2,1-3H3,(H,21,27)(H,22,24)(H,25,26)/t13-,14-/m0/s1. The average Bonchev–Trinajstić information content (AvgIpc) is 2.62. The van der Waals surface area contributed by atoms with E-state index in [1.807, 2.05) is 6.07 Å². The molecule has 1 rings (SSSR count). The zero-order valence-corrected chi connectivity index (χ0v) is 16.6. The number of nitrogens with two attached hydrogens (primary N) is 1. The van der Waals surface area contributed by atoms with E-state index in [2.05, 4.69) is 10.6 Å². The van der Waals surface area contributed by atoms with Gasteiger partial charge in [-0.15, -0.1) is 0 Å². The Morgan fingerprint density at radius 1 is 1.14 bits per heavy atom. The second-order valence-electron chi connectivity index (χ2n) is 7.23. The molecule has 0 aliphatic carbocycles. The Balaban J connectivity index is 2.46. The van der Waals surface area contributed by atoms with E-state index in [0.717, 1.165) is 5.56 Å². The maximum Gasteiger partial charge on any atom is 0.408 e. The van der Waals surface area contributed by atoms with Crippen LogP contribution in [0.25, 0.3) is 0 Å². The highest BCUT2D eigenvalue weighted by Crippen LogP contribution is 2.06. The van der Waals surface area contributed by atoms with Gasteiger partial charge < -0.3 is 30.9 Å². The summed E-state index contributed by atoms with van der Waals surface area (Å²) in [6.45, 7) is 3.85. The van der Waals surface area contributed by atoms with Crippen molar-refractivity contribution in [2.75, 3.05) is 13.2 Å². The van der Waals surface area contributed by atoms with Gasteiger partial charge in [-0.3, -0.25) is 9.59 Å². The molecule has 5 N–H and O–H groups in total. The third kappa shape index (κ3) is 10.1. The van der Waals surface area contributed by atoms with E-state index in [-0.39, 0.29) is 6.42 Å². The van der Waals surface area contributed by atoms with Crippen molar-refractivity contribution in [3.8, 4) is 0 Å². The predicted octanol–water partition coefficient (Wildman–Crippen LogP) is 0.194. The summed E-state index contributed by atoms with van der Waals surface area (Å²) in [5.41, 5.74) is 5.90. The third-order valence-electron chi connectivity index (χ3n) is 3.44. The summed E-state index contributed by atoms with van der Waals surface area (Å²) < 4.78 is 9.76. The minimum atomic E-state index is -1.48. The monoisotopic (exact) mass is 409 g/mol. The van der Waals surface area contributed by atoms with E-state index < -0.39 is 54.8 Å². The molecule has 29 heavy (non-hydrogen) atoms. The molecule has 10 nitrogen and oxygen atoms in total. The van der Waals surface area contributed by atoms with Crippen molar-refractivity contribution >= 4 is 23.9 Å². The normalized spacial score (nSPS) is 13.0. The first kappa shape index (κ1) is 23.9. The Labute approximate surface area is 168 Å². The fourth-order valence-electron chi connectivity index (χ4n) is 2.10. The molecule has 0 radical (unpaired) electrons. The van der Waals surface area contributed by atoms with Crippen LogP contribution in [0.4, 0.5) is 4.79 Å². The molecular weight excluding hydrogens is 382 g/mol. The Kier molecular flexibility index (Phi) is 9.07. The van der Waals surface area contributed by atoms with Crippen LogP contribution in [0.15, 0.2) is 30.3 Å². The van der Waals surface area contributed by atoms with Crippen molar-refractivity contribution in [3.63, 3.8) is 0 Å². The van der Waals surface area contributed by atoms with Crippen LogP contribution < -0.4 is 16.4 Å². The Hall–Kier alpha value is -3.14. The van der Waals surface area contributed by atoms with Gasteiger partial charge in [0.1, 0.15) is 18.8 Å². The van der Waals surface area contributed by atoms with Gasteiger partial charge in [0, 0.05) is 0 Å². The largest absolute Gasteiger partial charge is 0.480 e. The number of amides is 2. The van der Waals surface area contributed by atoms with Gasteiger partial charge >= 0.3 is 18.0 Å². The highest BCUT2D eigenvalue weighted by atomic mass is 16.6. The fraction of sp³-hybridized carbons (Fsp3) is 0.474. The molecule has 160 valence electrons. The number of aliphatic carboxylic acids is 1. The molecule has 0 saturated heterocycles. The fourth-order valence-corrected chi connectivity index (χ4v) is 2.10. The molecule has 1 aromatic rings. The van der Waals surface area contributed by atoms with Crippen LogP contribution in [-0.2, 0) is 30.3 Å². The molecule has 0 fully saturated rings. The summed E-state index contributed by atoms with van der Waals surface area (Å²) in [7, 11) is 0. The van der Waals surface area contributed by atoms with Crippen molar-refractivity contribution in [1.82, 2.24) is 10.6 Å². The van der Waals surface area contributed by atoms with Crippen molar-refractivity contribution in [2.24, 2.45) is 5.73 Å². The van der Waals surface area contributed by atoms with Crippen molar-refractivity contribution < 1.29 is 33.8 Å². The van der Waals surface area contributed by atoms with Crippen molar-refractivity contribution in [2.45, 2.75) is 44.9 Å². The molecule has 0 aromatic heterocycles. The molecular formula is C19H27N3O7. The van der Waals surface area contributed by atoms with Crippen LogP contribution in [0.2, 0.25) is 0 Å². The zero-order chi connectivity index (χ0) is 22.0. The minimum Gasteiger partial charge on any atom is -0.480 e. The quantitative estimate of drug-likeness (QED) is 0.421. The van der Waals surface area contributed by atoms with Gasteiger partial charge in [-0.05, 0) is 32.8 Å². The van der Waals surface area contributed by atoms with Gasteiger partial charge in [-0.2, -0.15) is 0 Å². The summed E-state index contributed by atoms with van der Waals surface area (Å²) in [6.07, 6.45) is -0.595. The van der Waals surface area contributed by atoms with Crippen LogP contribution in [0.5, 0.6) is 0 Å². The summed E-state index contributed by atoms with van der Waals surface area (Å²) in [5, 5.41) is 13.6. The van der Waals surface area contributed by atoms with Gasteiger partial charge in [0.05, 0.1) is 6.04 Å². The average molecular weight is 409 g/mol. The summed E-state index contributed by atoms with van der Waals surface area (Å²) in [4.78, 5) is 46.6. The molecule has 0 saturated carbocycles. The number of carbonyl (C=O) groups is 4. The molecule has 0 bridgehead atoms. The SMILES string of the molecule is CC(C)(C)OC(=O)NCC(=O)OC[C@H](NC(=O)[C@@H](N)Cc1ccccc1)C(=O)O. The minimum absolute atomic E-state index is 0.221. The number of rotatable bonds is 9. The first-order chi connectivity index (χ1) is 13.5. The van der Waals surface area contributed by atoms with Gasteiger partial charge in [-0.1, -0.05) is 30.3 Å². The van der Waals surface area contributed by atoms with Crippen LogP contribution in [-0.4, -0.2) is 59.9 Å². The second-order valence-corrected chi connectivity index (χ2v) is 7.23. The Bertz CT molecular complexity index is 716. The lowest BCUT2D eigenvalue weighted by Crippen LogP contribution is -2.51. The number of esters is 1. The Morgan fingerprint density at radius 3 is 2.31 bits per heavy atom. The number of hydrogen-bond acceptors (Lipinski definition) is 7. The maximum absolute atomic E-state index is 12.1.